The van der Waals surface area contributed by atoms with Gasteiger partial charge in [-0.2, -0.15) is 5.26 Å². The molecule has 0 spiro atoms. The highest BCUT2D eigenvalue weighted by Crippen LogP contribution is 2.34. The molecule has 0 bridgehead atoms. The van der Waals surface area contributed by atoms with Crippen molar-refractivity contribution < 1.29 is 39.1 Å². The molecule has 0 aliphatic rings. The van der Waals surface area contributed by atoms with Crippen molar-refractivity contribution in [2.45, 2.75) is 130 Å². The Labute approximate surface area is 542 Å². The molecule has 476 valence electrons. The number of aromatic hydroxyl groups is 1. The molecule has 0 aromatic heterocycles. The number of nitrogens with two attached hydrogens (primary N) is 1. The van der Waals surface area contributed by atoms with Crippen molar-refractivity contribution >= 4 is 63.7 Å². The van der Waals surface area contributed by atoms with Crippen LogP contribution in [0.25, 0.3) is 0 Å². The molecule has 0 amide bonds. The van der Waals surface area contributed by atoms with E-state index < -0.39 is 13.6 Å². The highest BCUT2D eigenvalue weighted by molar-refractivity contribution is 7.80. The van der Waals surface area contributed by atoms with Crippen LogP contribution in [0, 0.1) is 146 Å². The summed E-state index contributed by atoms with van der Waals surface area (Å²) in [5.74, 6) is -0.471. The molecule has 1 atom stereocenters. The highest BCUT2D eigenvalue weighted by atomic mass is 32.1. The molecule has 0 heterocycles. The average molecular weight is 1270 g/mol. The number of carboxylic acids is 1. The van der Waals surface area contributed by atoms with Crippen molar-refractivity contribution in [3.63, 3.8) is 0 Å². The Balaban J connectivity index is 0.000000507. The second-order valence-electron chi connectivity index (χ2n) is 22.2. The summed E-state index contributed by atoms with van der Waals surface area (Å²) in [6, 6.07) is 53.9. The van der Waals surface area contributed by atoms with Crippen molar-refractivity contribution in [3.8, 4) is 11.8 Å². The van der Waals surface area contributed by atoms with Crippen LogP contribution in [0.5, 0.6) is 5.75 Å². The Morgan fingerprint density at radius 3 is 1.27 bits per heavy atom. The smallest absolute Gasteiger partial charge is 0.356 e. The van der Waals surface area contributed by atoms with E-state index in [-0.39, 0.29) is 15.9 Å². The minimum absolute atomic E-state index is 0.127. The SMILES string of the molecule is Cc1ccc(C)c(C#N)c1.Cc1ccc(C)c(C(=O)O)c1.Cc1ccc(C)c(C=O)c1.Cc1ccc(C)c(N)c1.Cc1ccc(C)c(O)c1.Cc1ccc(C)c(P(=O)(O)O)c1.Cc1ccc(C)c(P)c1.Cc1ccc(C)c(S)c1.Cc1ccc(C)c([N+](=O)[O-])c1. The van der Waals surface area contributed by atoms with E-state index in [0.29, 0.717) is 22.4 Å². The Hall–Kier alpha value is -8.46. The lowest BCUT2D eigenvalue weighted by Gasteiger charge is -2.07. The van der Waals surface area contributed by atoms with Crippen LogP contribution < -0.4 is 16.3 Å². The number of aromatic carboxylic acids is 1. The van der Waals surface area contributed by atoms with Gasteiger partial charge in [-0.05, 0) is 239 Å². The Morgan fingerprint density at radius 2 is 0.900 bits per heavy atom. The molecule has 6 N–H and O–H groups in total. The van der Waals surface area contributed by atoms with Crippen LogP contribution in [-0.2, 0) is 4.57 Å². The lowest BCUT2D eigenvalue weighted by molar-refractivity contribution is -0.385. The summed E-state index contributed by atoms with van der Waals surface area (Å²) in [6.45, 7) is 34.8. The minimum atomic E-state index is -4.08. The number of nitro benzene ring substituents is 1. The van der Waals surface area contributed by atoms with Crippen LogP contribution in [0.15, 0.2) is 169 Å². The number of nitriles is 1. The van der Waals surface area contributed by atoms with Crippen LogP contribution in [0.3, 0.4) is 0 Å². The van der Waals surface area contributed by atoms with Gasteiger partial charge in [-0.1, -0.05) is 143 Å². The summed E-state index contributed by atoms with van der Waals surface area (Å²) in [5.41, 5.74) is 27.5. The van der Waals surface area contributed by atoms with E-state index in [1.807, 2.05) is 154 Å². The normalized spacial score (nSPS) is 9.79. The van der Waals surface area contributed by atoms with Gasteiger partial charge in [0.2, 0.25) is 0 Å². The molecule has 0 aliphatic heterocycles. The molecular formula is C75H91N3O9P2S. The predicted molar refractivity (Wildman–Crippen MR) is 381 cm³/mol. The van der Waals surface area contributed by atoms with E-state index in [4.69, 9.17) is 31.0 Å². The molecule has 0 fully saturated rings. The van der Waals surface area contributed by atoms with E-state index in [1.165, 1.54) is 39.2 Å². The van der Waals surface area contributed by atoms with E-state index in [0.717, 1.165) is 89.2 Å². The molecule has 0 aliphatic carbocycles. The van der Waals surface area contributed by atoms with Gasteiger partial charge in [0.1, 0.15) is 12.0 Å². The van der Waals surface area contributed by atoms with Crippen LogP contribution in [0.2, 0.25) is 0 Å². The third kappa shape index (κ3) is 30.6. The molecule has 0 saturated carbocycles. The monoisotopic (exact) mass is 1270 g/mol. The number of rotatable bonds is 4. The Kier molecular flexibility index (Phi) is 34.9. The second-order valence-corrected chi connectivity index (χ2v) is 24.9. The first-order chi connectivity index (χ1) is 41.9. The van der Waals surface area contributed by atoms with Gasteiger partial charge >= 0.3 is 13.6 Å². The number of carbonyl (C=O) groups excluding carboxylic acids is 1. The number of anilines is 1. The third-order valence-electron chi connectivity index (χ3n) is 13.5. The molecule has 90 heavy (non-hydrogen) atoms. The Bertz CT molecular complexity index is 3680. The quantitative estimate of drug-likeness (QED) is 0.0243. The van der Waals surface area contributed by atoms with Gasteiger partial charge in [0.05, 0.1) is 27.4 Å². The lowest BCUT2D eigenvalue weighted by Crippen LogP contribution is -2.08. The molecule has 12 nitrogen and oxygen atoms in total. The van der Waals surface area contributed by atoms with E-state index >= 15 is 0 Å². The fourth-order valence-electron chi connectivity index (χ4n) is 7.62. The predicted octanol–water partition coefficient (Wildman–Crippen LogP) is 17.9. The molecular weight excluding hydrogens is 1180 g/mol. The number of nitrogen functional groups attached to an aromatic ring is 1. The average Bonchev–Trinajstić information content (AvgIpc) is 1.15. The summed E-state index contributed by atoms with van der Waals surface area (Å²) in [5, 5.41) is 38.2. The van der Waals surface area contributed by atoms with Crippen LogP contribution in [0.1, 0.15) is 126 Å². The largest absolute Gasteiger partial charge is 0.508 e. The van der Waals surface area contributed by atoms with Gasteiger partial charge in [-0.25, -0.2) is 4.79 Å². The molecule has 1 unspecified atom stereocenters. The zero-order valence-corrected chi connectivity index (χ0v) is 58.4. The zero-order valence-electron chi connectivity index (χ0n) is 55.4. The van der Waals surface area contributed by atoms with Gasteiger partial charge in [-0.15, -0.1) is 21.9 Å². The lowest BCUT2D eigenvalue weighted by atomic mass is 10.1. The summed E-state index contributed by atoms with van der Waals surface area (Å²) in [4.78, 5) is 49.9. The first kappa shape index (κ1) is 79.6. The highest BCUT2D eigenvalue weighted by Gasteiger charge is 2.19. The maximum absolute atomic E-state index is 10.9. The summed E-state index contributed by atoms with van der Waals surface area (Å²) in [7, 11) is -1.36. The molecule has 15 heteroatoms. The third-order valence-corrected chi connectivity index (χ3v) is 15.8. The van der Waals surface area contributed by atoms with E-state index in [1.54, 1.807) is 58.0 Å². The summed E-state index contributed by atoms with van der Waals surface area (Å²) >= 11 is 4.27. The van der Waals surface area contributed by atoms with Gasteiger partial charge in [0.25, 0.3) is 5.69 Å². The number of benzene rings is 9. The first-order valence-corrected chi connectivity index (χ1v) is 31.4. The van der Waals surface area contributed by atoms with Crippen LogP contribution >= 0.6 is 29.5 Å². The van der Waals surface area contributed by atoms with Crippen molar-refractivity contribution in [1.82, 2.24) is 0 Å². The van der Waals surface area contributed by atoms with Crippen molar-refractivity contribution in [3.05, 3.63) is 291 Å². The van der Waals surface area contributed by atoms with Crippen molar-refractivity contribution in [2.24, 2.45) is 0 Å². The number of phenolic OH excluding ortho intramolecular Hbond substituents is 1. The fraction of sp³-hybridized carbons (Fsp3) is 0.240. The number of carbonyl (C=O) groups is 2. The number of hydrogen-bond donors (Lipinski definition) is 6. The number of aryl methyl sites for hydroxylation is 18. The molecule has 0 saturated heterocycles. The summed E-state index contributed by atoms with van der Waals surface area (Å²) < 4.78 is 10.9. The van der Waals surface area contributed by atoms with Crippen molar-refractivity contribution in [2.75, 3.05) is 5.73 Å². The van der Waals surface area contributed by atoms with Gasteiger partial charge < -0.3 is 25.7 Å². The standard InChI is InChI=1S/C9H9N.C9H10O2.C9H10O.C8H9NO2.C8H11N.C8H11O3P.C8H10O.C8H11P.C8H10S/c1-7-3-4-8(2)9(5-7)6-10;1-6-3-4-7(2)8(5-6)9(10)11;1-7-3-4-8(2)9(5-7)6-10;1-6-3-4-7(2)8(5-6)9(10)11;1-6-3-4-7(2)8(9)5-6;1-6-3-4-7(2)8(5-6)12(9,10)11;3*1-6-3-4-7(2)8(9)5-6/h3-5H,1-2H3;3-5H,1-2H3,(H,10,11);3-6H,1-2H3;3-5H,1-2H3;3-5H,9H2,1-2H3;3-5H,1-2H3,(H2,9,10,11);3-5,9H,1-2H3;3-5H,9H2,1-2H3;3-5,9H,1-2H3. The first-order valence-electron chi connectivity index (χ1n) is 28.7. The number of nitrogens with zero attached hydrogens (tertiary/aromatic N) is 2. The molecule has 9 rings (SSSR count). The second kappa shape index (κ2) is 39.5. The minimum Gasteiger partial charge on any atom is -0.508 e. The molecule has 0 radical (unpaired) electrons. The van der Waals surface area contributed by atoms with Gasteiger partial charge in [0.15, 0.2) is 0 Å². The van der Waals surface area contributed by atoms with Gasteiger partial charge in [-0.3, -0.25) is 19.5 Å². The molecule has 9 aromatic carbocycles. The summed E-state index contributed by atoms with van der Waals surface area (Å²) in [6.07, 6.45) is 0.891. The number of aldehydes is 1. The van der Waals surface area contributed by atoms with Crippen LogP contribution in [0.4, 0.5) is 11.4 Å². The van der Waals surface area contributed by atoms with E-state index in [9.17, 15) is 24.3 Å². The topological polar surface area (TPSA) is 225 Å². The zero-order chi connectivity index (χ0) is 68.7. The maximum Gasteiger partial charge on any atom is 0.356 e. The fourth-order valence-corrected chi connectivity index (χ4v) is 9.16. The number of nitro groups is 1. The maximum atomic E-state index is 10.9. The van der Waals surface area contributed by atoms with Crippen molar-refractivity contribution in [1.29, 1.82) is 5.26 Å². The number of phenols is 1. The number of thiol groups is 1. The number of hydrogen-bond acceptors (Lipinski definition) is 9. The number of carboxylic acid groups (broad SMARTS) is 1. The van der Waals surface area contributed by atoms with Crippen LogP contribution in [-0.4, -0.2) is 37.2 Å². The van der Waals surface area contributed by atoms with E-state index in [2.05, 4.69) is 98.1 Å². The van der Waals surface area contributed by atoms with Gasteiger partial charge in [0, 0.05) is 27.8 Å². The Morgan fingerprint density at radius 1 is 0.511 bits per heavy atom. The molecule has 9 aromatic rings.